The summed E-state index contributed by atoms with van der Waals surface area (Å²) in [4.78, 5) is 4.55. The van der Waals surface area contributed by atoms with E-state index in [-0.39, 0.29) is 6.10 Å². The Balaban J connectivity index is 1.99. The number of hydrogen-bond acceptors (Lipinski definition) is 3. The van der Waals surface area contributed by atoms with Crippen LogP contribution < -0.4 is 5.32 Å². The molecular weight excluding hydrogens is 284 g/mol. The molecule has 112 valence electrons. The lowest BCUT2D eigenvalue weighted by Crippen LogP contribution is -2.32. The Morgan fingerprint density at radius 2 is 2.29 bits per heavy atom. The van der Waals surface area contributed by atoms with Crippen LogP contribution in [-0.4, -0.2) is 24.7 Å². The number of rotatable bonds is 4. The summed E-state index contributed by atoms with van der Waals surface area (Å²) in [5, 5.41) is 5.21. The second kappa shape index (κ2) is 6.73. The molecule has 2 aromatic rings. The first-order valence-corrected chi connectivity index (χ1v) is 8.04. The van der Waals surface area contributed by atoms with Gasteiger partial charge in [-0.1, -0.05) is 24.6 Å². The zero-order valence-corrected chi connectivity index (χ0v) is 13.1. The summed E-state index contributed by atoms with van der Waals surface area (Å²) in [6.45, 7) is 4.93. The fraction of sp³-hybridized carbons (Fsp3) is 0.471. The van der Waals surface area contributed by atoms with Crippen LogP contribution in [0.3, 0.4) is 0 Å². The fourth-order valence-electron chi connectivity index (χ4n) is 3.12. The molecule has 2 unspecified atom stereocenters. The number of nitrogens with one attached hydrogen (secondary N) is 1. The summed E-state index contributed by atoms with van der Waals surface area (Å²) in [6, 6.07) is 7.99. The van der Waals surface area contributed by atoms with Crippen LogP contribution in [0.15, 0.2) is 30.5 Å². The molecule has 4 heteroatoms. The van der Waals surface area contributed by atoms with Gasteiger partial charge in [-0.3, -0.25) is 4.98 Å². The van der Waals surface area contributed by atoms with Crippen LogP contribution in [0.2, 0.25) is 5.02 Å². The second-order valence-electron chi connectivity index (χ2n) is 5.54. The van der Waals surface area contributed by atoms with E-state index >= 15 is 0 Å². The van der Waals surface area contributed by atoms with Gasteiger partial charge < -0.3 is 10.1 Å². The lowest BCUT2D eigenvalue weighted by Gasteiger charge is -2.32. The van der Waals surface area contributed by atoms with Crippen molar-refractivity contribution >= 4 is 22.5 Å². The topological polar surface area (TPSA) is 34.1 Å². The highest BCUT2D eigenvalue weighted by molar-refractivity contribution is 6.35. The average Bonchev–Trinajstić information content (AvgIpc) is 2.54. The number of ether oxygens (including phenoxy) is 1. The van der Waals surface area contributed by atoms with Crippen molar-refractivity contribution in [2.45, 2.75) is 25.9 Å². The van der Waals surface area contributed by atoms with Crippen molar-refractivity contribution in [2.24, 2.45) is 5.92 Å². The van der Waals surface area contributed by atoms with Gasteiger partial charge in [-0.05, 0) is 37.6 Å². The molecule has 1 N–H and O–H groups in total. The van der Waals surface area contributed by atoms with Gasteiger partial charge in [0.1, 0.15) is 0 Å². The third-order valence-electron chi connectivity index (χ3n) is 4.16. The van der Waals surface area contributed by atoms with Gasteiger partial charge >= 0.3 is 0 Å². The van der Waals surface area contributed by atoms with Crippen molar-refractivity contribution in [3.8, 4) is 0 Å². The van der Waals surface area contributed by atoms with E-state index < -0.39 is 0 Å². The van der Waals surface area contributed by atoms with Crippen LogP contribution >= 0.6 is 11.6 Å². The Kier molecular flexibility index (Phi) is 4.73. The summed E-state index contributed by atoms with van der Waals surface area (Å²) in [6.07, 6.45) is 4.25. The first kappa shape index (κ1) is 14.8. The Bertz CT molecular complexity index is 617. The van der Waals surface area contributed by atoms with Crippen LogP contribution in [0.25, 0.3) is 10.9 Å². The Morgan fingerprint density at radius 3 is 3.14 bits per heavy atom. The minimum atomic E-state index is 0.104. The Labute approximate surface area is 130 Å². The normalized spacial score (nSPS) is 22.6. The summed E-state index contributed by atoms with van der Waals surface area (Å²) >= 11 is 6.29. The van der Waals surface area contributed by atoms with E-state index in [0.29, 0.717) is 5.92 Å². The standard InChI is InChI=1S/C17H21ClN2O/c1-2-19-11-12-5-4-10-21-17(12)14-7-8-15(18)13-6-3-9-20-16(13)14/h3,6-9,12,17,19H,2,4-5,10-11H2,1H3. The molecule has 3 rings (SSSR count). The highest BCUT2D eigenvalue weighted by atomic mass is 35.5. The first-order valence-electron chi connectivity index (χ1n) is 7.66. The van der Waals surface area contributed by atoms with Gasteiger partial charge in [-0.25, -0.2) is 0 Å². The molecular formula is C17H21ClN2O. The van der Waals surface area contributed by atoms with Gasteiger partial charge in [0, 0.05) is 41.2 Å². The molecule has 2 atom stereocenters. The number of benzene rings is 1. The number of aromatic nitrogens is 1. The van der Waals surface area contributed by atoms with E-state index in [1.54, 1.807) is 0 Å². The van der Waals surface area contributed by atoms with Gasteiger partial charge in [-0.2, -0.15) is 0 Å². The predicted molar refractivity (Wildman–Crippen MR) is 86.7 cm³/mol. The van der Waals surface area contributed by atoms with Crippen LogP contribution in [-0.2, 0) is 4.74 Å². The Morgan fingerprint density at radius 1 is 1.38 bits per heavy atom. The number of nitrogens with zero attached hydrogens (tertiary/aromatic N) is 1. The lowest BCUT2D eigenvalue weighted by molar-refractivity contribution is -0.0268. The van der Waals surface area contributed by atoms with Crippen LogP contribution in [0.1, 0.15) is 31.4 Å². The van der Waals surface area contributed by atoms with Gasteiger partial charge in [0.2, 0.25) is 0 Å². The third-order valence-corrected chi connectivity index (χ3v) is 4.49. The molecule has 1 saturated heterocycles. The highest BCUT2D eigenvalue weighted by Crippen LogP contribution is 2.37. The van der Waals surface area contributed by atoms with Crippen molar-refractivity contribution in [1.29, 1.82) is 0 Å². The molecule has 0 bridgehead atoms. The van der Waals surface area contributed by atoms with Crippen molar-refractivity contribution in [2.75, 3.05) is 19.7 Å². The van der Waals surface area contributed by atoms with Crippen molar-refractivity contribution in [3.63, 3.8) is 0 Å². The van der Waals surface area contributed by atoms with E-state index in [0.717, 1.165) is 47.6 Å². The summed E-state index contributed by atoms with van der Waals surface area (Å²) in [5.41, 5.74) is 2.14. The molecule has 3 nitrogen and oxygen atoms in total. The minimum absolute atomic E-state index is 0.104. The molecule has 0 amide bonds. The van der Waals surface area contributed by atoms with E-state index in [2.05, 4.69) is 23.3 Å². The number of hydrogen-bond donors (Lipinski definition) is 1. The molecule has 21 heavy (non-hydrogen) atoms. The molecule has 0 aliphatic carbocycles. The molecule has 1 aromatic heterocycles. The quantitative estimate of drug-likeness (QED) is 0.928. The molecule has 1 fully saturated rings. The van der Waals surface area contributed by atoms with E-state index in [9.17, 15) is 0 Å². The van der Waals surface area contributed by atoms with Gasteiger partial charge in [0.05, 0.1) is 11.6 Å². The number of fused-ring (bicyclic) bond motifs is 1. The van der Waals surface area contributed by atoms with Gasteiger partial charge in [0.25, 0.3) is 0 Å². The van der Waals surface area contributed by atoms with E-state index in [4.69, 9.17) is 16.3 Å². The summed E-state index contributed by atoms with van der Waals surface area (Å²) < 4.78 is 6.10. The zero-order valence-electron chi connectivity index (χ0n) is 12.3. The third kappa shape index (κ3) is 3.05. The number of pyridine rings is 1. The SMILES string of the molecule is CCNCC1CCCOC1c1ccc(Cl)c2cccnc12. The van der Waals surface area contributed by atoms with E-state index in [1.807, 2.05) is 24.4 Å². The molecule has 2 heterocycles. The maximum Gasteiger partial charge on any atom is 0.0886 e. The maximum atomic E-state index is 6.29. The van der Waals surface area contributed by atoms with Gasteiger partial charge in [-0.15, -0.1) is 0 Å². The molecule has 1 aliphatic heterocycles. The van der Waals surface area contributed by atoms with E-state index in [1.165, 1.54) is 6.42 Å². The van der Waals surface area contributed by atoms with Crippen molar-refractivity contribution in [1.82, 2.24) is 10.3 Å². The maximum absolute atomic E-state index is 6.29. The van der Waals surface area contributed by atoms with Crippen molar-refractivity contribution < 1.29 is 4.74 Å². The first-order chi connectivity index (χ1) is 10.3. The number of halogens is 1. The second-order valence-corrected chi connectivity index (χ2v) is 5.94. The Hall–Kier alpha value is -1.16. The largest absolute Gasteiger partial charge is 0.373 e. The highest BCUT2D eigenvalue weighted by Gasteiger charge is 2.29. The fourth-order valence-corrected chi connectivity index (χ4v) is 3.33. The van der Waals surface area contributed by atoms with Crippen LogP contribution in [0.5, 0.6) is 0 Å². The molecule has 1 aliphatic rings. The predicted octanol–water partition coefficient (Wildman–Crippen LogP) is 3.97. The monoisotopic (exact) mass is 304 g/mol. The van der Waals surface area contributed by atoms with Gasteiger partial charge in [0.15, 0.2) is 0 Å². The van der Waals surface area contributed by atoms with Crippen LogP contribution in [0, 0.1) is 5.92 Å². The summed E-state index contributed by atoms with van der Waals surface area (Å²) in [7, 11) is 0. The molecule has 0 saturated carbocycles. The molecule has 0 radical (unpaired) electrons. The van der Waals surface area contributed by atoms with Crippen LogP contribution in [0.4, 0.5) is 0 Å². The minimum Gasteiger partial charge on any atom is -0.373 e. The van der Waals surface area contributed by atoms with Crippen molar-refractivity contribution in [3.05, 3.63) is 41.0 Å². The molecule has 0 spiro atoms. The summed E-state index contributed by atoms with van der Waals surface area (Å²) in [5.74, 6) is 0.491. The zero-order chi connectivity index (χ0) is 14.7. The lowest BCUT2D eigenvalue weighted by atomic mass is 9.88. The average molecular weight is 305 g/mol. The smallest absolute Gasteiger partial charge is 0.0886 e. The molecule has 1 aromatic carbocycles.